The van der Waals surface area contributed by atoms with Gasteiger partial charge in [-0.05, 0) is 19.8 Å². The molecule has 3 N–H and O–H groups in total. The van der Waals surface area contributed by atoms with Crippen LogP contribution in [-0.2, 0) is 19.1 Å². The van der Waals surface area contributed by atoms with Gasteiger partial charge in [-0.3, -0.25) is 4.79 Å². The Morgan fingerprint density at radius 2 is 1.83 bits per heavy atom. The number of hydrogen-bond acceptors (Lipinski definition) is 6. The van der Waals surface area contributed by atoms with Gasteiger partial charge in [0, 0.05) is 0 Å². The van der Waals surface area contributed by atoms with Crippen molar-refractivity contribution in [3.05, 3.63) is 12.7 Å². The van der Waals surface area contributed by atoms with E-state index in [0.717, 1.165) is 0 Å². The molecule has 132 valence electrons. The van der Waals surface area contributed by atoms with E-state index in [4.69, 9.17) is 4.74 Å². The van der Waals surface area contributed by atoms with Crippen molar-refractivity contribution >= 4 is 18.0 Å². The van der Waals surface area contributed by atoms with Crippen LogP contribution in [0.3, 0.4) is 0 Å². The van der Waals surface area contributed by atoms with Crippen LogP contribution in [0.25, 0.3) is 0 Å². The minimum Gasteiger partial charge on any atom is -0.464 e. The van der Waals surface area contributed by atoms with Gasteiger partial charge in [-0.25, -0.2) is 9.59 Å². The molecule has 8 heteroatoms. The second-order valence-electron chi connectivity index (χ2n) is 4.80. The smallest absolute Gasteiger partial charge is 0.407 e. The summed E-state index contributed by atoms with van der Waals surface area (Å²) in [5, 5.41) is 15.1. The summed E-state index contributed by atoms with van der Waals surface area (Å²) in [5.74, 6) is -1.36. The van der Waals surface area contributed by atoms with Gasteiger partial charge in [-0.2, -0.15) is 0 Å². The minimum absolute atomic E-state index is 0.0182. The molecule has 0 heterocycles. The maximum absolute atomic E-state index is 12.0. The molecule has 0 radical (unpaired) electrons. The van der Waals surface area contributed by atoms with Crippen LogP contribution in [0.4, 0.5) is 4.79 Å². The van der Waals surface area contributed by atoms with E-state index in [1.54, 1.807) is 20.8 Å². The Morgan fingerprint density at radius 3 is 2.30 bits per heavy atom. The first-order valence-corrected chi connectivity index (χ1v) is 7.54. The highest BCUT2D eigenvalue weighted by Crippen LogP contribution is 2.20. The molecule has 0 aliphatic rings. The maximum atomic E-state index is 12.0. The predicted molar refractivity (Wildman–Crippen MR) is 83.6 cm³/mol. The van der Waals surface area contributed by atoms with Crippen molar-refractivity contribution in [1.29, 1.82) is 0 Å². The van der Waals surface area contributed by atoms with Crippen LogP contribution in [0, 0.1) is 0 Å². The molecule has 0 aliphatic heterocycles. The molecule has 0 spiro atoms. The molecule has 1 atom stereocenters. The van der Waals surface area contributed by atoms with Crippen molar-refractivity contribution in [3.63, 3.8) is 0 Å². The number of carbonyl (C=O) groups excluding carboxylic acids is 3. The number of hydrogen-bond donors (Lipinski definition) is 3. The number of alkyl carbamates (subject to hydrolysis) is 1. The van der Waals surface area contributed by atoms with E-state index >= 15 is 0 Å². The Balaban J connectivity index is 4.76. The highest BCUT2D eigenvalue weighted by atomic mass is 16.5. The fourth-order valence-electron chi connectivity index (χ4n) is 1.85. The Morgan fingerprint density at radius 1 is 1.22 bits per heavy atom. The molecule has 0 aliphatic carbocycles. The number of carbonyl (C=O) groups is 3. The Labute approximate surface area is 136 Å². The lowest BCUT2D eigenvalue weighted by atomic mass is 9.88. The van der Waals surface area contributed by atoms with Crippen LogP contribution in [-0.4, -0.2) is 54.5 Å². The van der Waals surface area contributed by atoms with Gasteiger partial charge in [0.05, 0.1) is 12.2 Å². The predicted octanol–water partition coefficient (Wildman–Crippen LogP) is 0.498. The third-order valence-electron chi connectivity index (χ3n) is 3.32. The average molecular weight is 330 g/mol. The molecule has 0 aromatic rings. The fourth-order valence-corrected chi connectivity index (χ4v) is 1.85. The Kier molecular flexibility index (Phi) is 9.64. The minimum atomic E-state index is -1.43. The van der Waals surface area contributed by atoms with Crippen LogP contribution in [0.2, 0.25) is 0 Å². The first kappa shape index (κ1) is 20.9. The van der Waals surface area contributed by atoms with Gasteiger partial charge in [0.15, 0.2) is 6.04 Å². The zero-order chi connectivity index (χ0) is 17.9. The summed E-state index contributed by atoms with van der Waals surface area (Å²) >= 11 is 0. The summed E-state index contributed by atoms with van der Waals surface area (Å²) in [7, 11) is 0. The van der Waals surface area contributed by atoms with Crippen molar-refractivity contribution in [3.8, 4) is 0 Å². The SMILES string of the molecule is C=CCOC(=O)NCC(=O)NC(C(=O)OCC)C(O)(CC)CC. The van der Waals surface area contributed by atoms with Gasteiger partial charge in [0.25, 0.3) is 0 Å². The van der Waals surface area contributed by atoms with E-state index in [1.165, 1.54) is 6.08 Å². The summed E-state index contributed by atoms with van der Waals surface area (Å²) in [6, 6.07) is -1.21. The number of aliphatic hydroxyl groups is 1. The van der Waals surface area contributed by atoms with Crippen LogP contribution >= 0.6 is 0 Å². The van der Waals surface area contributed by atoms with Crippen molar-refractivity contribution in [2.45, 2.75) is 45.3 Å². The summed E-state index contributed by atoms with van der Waals surface area (Å²) < 4.78 is 9.55. The van der Waals surface area contributed by atoms with E-state index in [9.17, 15) is 19.5 Å². The zero-order valence-corrected chi connectivity index (χ0v) is 13.9. The number of esters is 1. The van der Waals surface area contributed by atoms with Crippen LogP contribution in [0.5, 0.6) is 0 Å². The normalized spacial score (nSPS) is 12.0. The van der Waals surface area contributed by atoms with Gasteiger partial charge in [-0.1, -0.05) is 26.5 Å². The summed E-state index contributed by atoms with van der Waals surface area (Å²) in [4.78, 5) is 35.1. The molecule has 2 amide bonds. The lowest BCUT2D eigenvalue weighted by Gasteiger charge is -2.33. The monoisotopic (exact) mass is 330 g/mol. The standard InChI is InChI=1S/C15H26N2O6/c1-5-9-23-14(20)16-10-11(18)17-12(13(19)22-8-4)15(21,6-2)7-3/h5,12,21H,1,6-10H2,2-4H3,(H,16,20)(H,17,18). The lowest BCUT2D eigenvalue weighted by molar-refractivity contribution is -0.156. The Bertz CT molecular complexity index is 420. The van der Waals surface area contributed by atoms with Crippen molar-refractivity contribution in [2.75, 3.05) is 19.8 Å². The number of nitrogens with one attached hydrogen (secondary N) is 2. The van der Waals surface area contributed by atoms with E-state index in [1.807, 2.05) is 0 Å². The summed E-state index contributed by atoms with van der Waals surface area (Å²) in [5.41, 5.74) is -1.43. The molecular weight excluding hydrogens is 304 g/mol. The van der Waals surface area contributed by atoms with Gasteiger partial charge in [-0.15, -0.1) is 0 Å². The van der Waals surface area contributed by atoms with E-state index < -0.39 is 36.2 Å². The second-order valence-corrected chi connectivity index (χ2v) is 4.80. The molecule has 0 bridgehead atoms. The quantitative estimate of drug-likeness (QED) is 0.397. The van der Waals surface area contributed by atoms with E-state index in [-0.39, 0.29) is 26.1 Å². The van der Waals surface area contributed by atoms with Crippen molar-refractivity contribution < 1.29 is 29.0 Å². The molecule has 8 nitrogen and oxygen atoms in total. The largest absolute Gasteiger partial charge is 0.464 e. The second kappa shape index (κ2) is 10.6. The molecule has 0 aromatic heterocycles. The van der Waals surface area contributed by atoms with Gasteiger partial charge in [0.2, 0.25) is 5.91 Å². The van der Waals surface area contributed by atoms with Gasteiger partial charge < -0.3 is 25.2 Å². The third kappa shape index (κ3) is 7.14. The fraction of sp³-hybridized carbons (Fsp3) is 0.667. The Hall–Kier alpha value is -2.09. The topological polar surface area (TPSA) is 114 Å². The third-order valence-corrected chi connectivity index (χ3v) is 3.32. The molecule has 1 unspecified atom stereocenters. The molecule has 23 heavy (non-hydrogen) atoms. The molecule has 0 saturated heterocycles. The summed E-state index contributed by atoms with van der Waals surface area (Å²) in [6.07, 6.45) is 1.11. The highest BCUT2D eigenvalue weighted by molar-refractivity contribution is 5.88. The number of ether oxygens (including phenoxy) is 2. The molecule has 0 fully saturated rings. The van der Waals surface area contributed by atoms with E-state index in [2.05, 4.69) is 21.9 Å². The number of amides is 2. The maximum Gasteiger partial charge on any atom is 0.407 e. The van der Waals surface area contributed by atoms with Crippen LogP contribution in [0.1, 0.15) is 33.6 Å². The first-order chi connectivity index (χ1) is 10.8. The molecule has 0 aromatic carbocycles. The van der Waals surface area contributed by atoms with Crippen molar-refractivity contribution in [2.24, 2.45) is 0 Å². The highest BCUT2D eigenvalue weighted by Gasteiger charge is 2.40. The van der Waals surface area contributed by atoms with Gasteiger partial charge in [0.1, 0.15) is 13.2 Å². The van der Waals surface area contributed by atoms with Crippen molar-refractivity contribution in [1.82, 2.24) is 10.6 Å². The van der Waals surface area contributed by atoms with E-state index in [0.29, 0.717) is 0 Å². The van der Waals surface area contributed by atoms with Gasteiger partial charge >= 0.3 is 12.1 Å². The molecule has 0 rings (SSSR count). The first-order valence-electron chi connectivity index (χ1n) is 7.54. The van der Waals surface area contributed by atoms with Crippen LogP contribution < -0.4 is 10.6 Å². The molecular formula is C15H26N2O6. The summed E-state index contributed by atoms with van der Waals surface area (Å²) in [6.45, 7) is 8.17. The lowest BCUT2D eigenvalue weighted by Crippen LogP contribution is -2.58. The zero-order valence-electron chi connectivity index (χ0n) is 13.9. The number of rotatable bonds is 10. The van der Waals surface area contributed by atoms with Crippen LogP contribution in [0.15, 0.2) is 12.7 Å². The average Bonchev–Trinajstić information content (AvgIpc) is 2.55. The molecule has 0 saturated carbocycles.